The van der Waals surface area contributed by atoms with Crippen molar-refractivity contribution in [2.24, 2.45) is 5.92 Å². The van der Waals surface area contributed by atoms with Crippen LogP contribution in [-0.4, -0.2) is 0 Å². The zero-order valence-electron chi connectivity index (χ0n) is 11.7. The van der Waals surface area contributed by atoms with Gasteiger partial charge >= 0.3 is 0 Å². The van der Waals surface area contributed by atoms with Crippen molar-refractivity contribution in [1.82, 2.24) is 0 Å². The zero-order chi connectivity index (χ0) is 13.5. The van der Waals surface area contributed by atoms with Gasteiger partial charge < -0.3 is 0 Å². The number of hydrogen-bond donors (Lipinski definition) is 0. The van der Waals surface area contributed by atoms with Gasteiger partial charge in [-0.3, -0.25) is 0 Å². The first kappa shape index (κ1) is 14.3. The molecule has 0 heterocycles. The molecule has 0 aromatic carbocycles. The molecular formula is C18H22. The number of rotatable bonds is 3. The van der Waals surface area contributed by atoms with Crippen molar-refractivity contribution >= 4 is 0 Å². The Morgan fingerprint density at radius 3 is 2.72 bits per heavy atom. The van der Waals surface area contributed by atoms with Crippen LogP contribution >= 0.6 is 0 Å². The van der Waals surface area contributed by atoms with Crippen molar-refractivity contribution in [3.05, 3.63) is 59.3 Å². The van der Waals surface area contributed by atoms with E-state index < -0.39 is 0 Å². The number of terminal acetylenes is 1. The summed E-state index contributed by atoms with van der Waals surface area (Å²) >= 11 is 0. The highest BCUT2D eigenvalue weighted by atomic mass is 14.2. The average Bonchev–Trinajstić information content (AvgIpc) is 2.37. The maximum atomic E-state index is 5.60. The quantitative estimate of drug-likeness (QED) is 0.608. The van der Waals surface area contributed by atoms with Gasteiger partial charge in [-0.05, 0) is 43.4 Å². The highest BCUT2D eigenvalue weighted by molar-refractivity contribution is 5.58. The monoisotopic (exact) mass is 238 g/mol. The Morgan fingerprint density at radius 2 is 2.22 bits per heavy atom. The highest BCUT2D eigenvalue weighted by Gasteiger charge is 2.19. The lowest BCUT2D eigenvalue weighted by Crippen LogP contribution is -2.08. The van der Waals surface area contributed by atoms with Gasteiger partial charge in [0, 0.05) is 5.92 Å². The predicted molar refractivity (Wildman–Crippen MR) is 81.1 cm³/mol. The van der Waals surface area contributed by atoms with Crippen LogP contribution in [0.15, 0.2) is 59.3 Å². The molecule has 1 unspecified atom stereocenters. The summed E-state index contributed by atoms with van der Waals surface area (Å²) in [5.41, 5.74) is 4.94. The van der Waals surface area contributed by atoms with Gasteiger partial charge in [0.05, 0.1) is 0 Å². The molecule has 0 fully saturated rings. The molecule has 18 heavy (non-hydrogen) atoms. The summed E-state index contributed by atoms with van der Waals surface area (Å²) < 4.78 is 0. The second-order valence-electron chi connectivity index (χ2n) is 4.48. The fourth-order valence-corrected chi connectivity index (χ4v) is 2.29. The first-order valence-electron chi connectivity index (χ1n) is 6.52. The molecule has 1 rings (SSSR count). The molecule has 0 bridgehead atoms. The predicted octanol–water partition coefficient (Wildman–Crippen LogP) is 4.98. The lowest BCUT2D eigenvalue weighted by atomic mass is 9.80. The Kier molecular flexibility index (Phi) is 5.46. The van der Waals surface area contributed by atoms with E-state index >= 15 is 0 Å². The van der Waals surface area contributed by atoms with Gasteiger partial charge in [-0.15, -0.1) is 6.42 Å². The van der Waals surface area contributed by atoms with Crippen molar-refractivity contribution in [3.8, 4) is 12.3 Å². The van der Waals surface area contributed by atoms with E-state index in [1.807, 2.05) is 13.0 Å². The normalized spacial score (nSPS) is 22.3. The van der Waals surface area contributed by atoms with Crippen LogP contribution in [0, 0.1) is 18.3 Å². The molecule has 0 saturated carbocycles. The molecule has 0 aromatic heterocycles. The second-order valence-corrected chi connectivity index (χ2v) is 4.48. The summed E-state index contributed by atoms with van der Waals surface area (Å²) in [6.45, 7) is 10.4. The maximum Gasteiger partial charge on any atom is 0.0413 e. The molecule has 1 atom stereocenters. The summed E-state index contributed by atoms with van der Waals surface area (Å²) in [6.07, 6.45) is 18.1. The van der Waals surface area contributed by atoms with Crippen LogP contribution in [0.5, 0.6) is 0 Å². The van der Waals surface area contributed by atoms with Gasteiger partial charge in [-0.2, -0.15) is 0 Å². The average molecular weight is 238 g/mol. The summed E-state index contributed by atoms with van der Waals surface area (Å²) in [4.78, 5) is 0. The Balaban J connectivity index is 3.22. The van der Waals surface area contributed by atoms with E-state index in [0.29, 0.717) is 0 Å². The van der Waals surface area contributed by atoms with Gasteiger partial charge in [0.1, 0.15) is 0 Å². The van der Waals surface area contributed by atoms with E-state index in [-0.39, 0.29) is 5.92 Å². The lowest BCUT2D eigenvalue weighted by molar-refractivity contribution is 0.723. The Morgan fingerprint density at radius 1 is 1.50 bits per heavy atom. The third-order valence-electron chi connectivity index (χ3n) is 3.26. The Bertz CT molecular complexity index is 473. The van der Waals surface area contributed by atoms with Crippen LogP contribution in [0.2, 0.25) is 0 Å². The molecule has 0 spiro atoms. The van der Waals surface area contributed by atoms with E-state index in [9.17, 15) is 0 Å². The summed E-state index contributed by atoms with van der Waals surface area (Å²) in [5.74, 6) is 3.11. The lowest BCUT2D eigenvalue weighted by Gasteiger charge is -2.24. The SMILES string of the molecule is C#CC(CC)C1=CC(=CC=CC)C(=CC)C(=C)C1. The molecule has 1 aliphatic rings. The molecule has 0 nitrogen and oxygen atoms in total. The van der Waals surface area contributed by atoms with E-state index in [1.165, 1.54) is 22.3 Å². The fraction of sp³-hybridized carbons (Fsp3) is 0.333. The van der Waals surface area contributed by atoms with Gasteiger partial charge in [-0.1, -0.05) is 55.4 Å². The minimum absolute atomic E-state index is 0.231. The number of hydrogen-bond acceptors (Lipinski definition) is 0. The molecule has 0 aromatic rings. The third-order valence-corrected chi connectivity index (χ3v) is 3.26. The molecule has 0 amide bonds. The summed E-state index contributed by atoms with van der Waals surface area (Å²) in [7, 11) is 0. The molecule has 0 heteroatoms. The van der Waals surface area contributed by atoms with Crippen LogP contribution in [0.25, 0.3) is 0 Å². The van der Waals surface area contributed by atoms with Gasteiger partial charge in [-0.25, -0.2) is 0 Å². The second kappa shape index (κ2) is 6.87. The van der Waals surface area contributed by atoms with Crippen LogP contribution in [-0.2, 0) is 0 Å². The van der Waals surface area contributed by atoms with Crippen molar-refractivity contribution in [3.63, 3.8) is 0 Å². The first-order chi connectivity index (χ1) is 8.67. The molecule has 0 aliphatic heterocycles. The van der Waals surface area contributed by atoms with Crippen molar-refractivity contribution in [1.29, 1.82) is 0 Å². The molecule has 0 N–H and O–H groups in total. The summed E-state index contributed by atoms with van der Waals surface area (Å²) in [6, 6.07) is 0. The molecule has 94 valence electrons. The standard InChI is InChI=1S/C18H22/c1-6-10-11-16-13-17(15(7-2)8-3)12-14(5)18(16)9-4/h2,6,9-11,13,15H,5,8,12H2,1,3-4H3. The largest absolute Gasteiger partial charge is 0.119 e. The fourth-order valence-electron chi connectivity index (χ4n) is 2.29. The smallest absolute Gasteiger partial charge is 0.0413 e. The highest BCUT2D eigenvalue weighted by Crippen LogP contribution is 2.35. The van der Waals surface area contributed by atoms with Crippen molar-refractivity contribution in [2.45, 2.75) is 33.6 Å². The van der Waals surface area contributed by atoms with Crippen LogP contribution < -0.4 is 0 Å². The van der Waals surface area contributed by atoms with Gasteiger partial charge in [0.25, 0.3) is 0 Å². The van der Waals surface area contributed by atoms with Crippen molar-refractivity contribution in [2.75, 3.05) is 0 Å². The van der Waals surface area contributed by atoms with E-state index in [2.05, 4.69) is 50.7 Å². The topological polar surface area (TPSA) is 0 Å². The minimum Gasteiger partial charge on any atom is -0.119 e. The van der Waals surface area contributed by atoms with Crippen LogP contribution in [0.1, 0.15) is 33.6 Å². The van der Waals surface area contributed by atoms with Crippen molar-refractivity contribution < 1.29 is 0 Å². The maximum absolute atomic E-state index is 5.60. The van der Waals surface area contributed by atoms with E-state index in [0.717, 1.165) is 12.8 Å². The van der Waals surface area contributed by atoms with Gasteiger partial charge in [0.2, 0.25) is 0 Å². The Hall–Kier alpha value is -1.74. The Labute approximate surface area is 111 Å². The third kappa shape index (κ3) is 3.14. The zero-order valence-corrected chi connectivity index (χ0v) is 11.7. The molecule has 1 aliphatic carbocycles. The van der Waals surface area contributed by atoms with E-state index in [4.69, 9.17) is 6.42 Å². The minimum atomic E-state index is 0.231. The molecular weight excluding hydrogens is 216 g/mol. The molecule has 0 radical (unpaired) electrons. The number of allylic oxidation sites excluding steroid dienone is 9. The van der Waals surface area contributed by atoms with Crippen LogP contribution in [0.3, 0.4) is 0 Å². The van der Waals surface area contributed by atoms with Gasteiger partial charge in [0.15, 0.2) is 0 Å². The molecule has 0 saturated heterocycles. The van der Waals surface area contributed by atoms with Crippen LogP contribution in [0.4, 0.5) is 0 Å². The van der Waals surface area contributed by atoms with E-state index in [1.54, 1.807) is 0 Å². The summed E-state index contributed by atoms with van der Waals surface area (Å²) in [5, 5.41) is 0. The first-order valence-corrected chi connectivity index (χ1v) is 6.52.